The van der Waals surface area contributed by atoms with Crippen molar-refractivity contribution in [2.75, 3.05) is 14.1 Å². The number of aliphatic hydroxyl groups is 1. The third-order valence-electron chi connectivity index (χ3n) is 5.33. The van der Waals surface area contributed by atoms with Crippen LogP contribution in [0.15, 0.2) is 60.7 Å². The fourth-order valence-corrected chi connectivity index (χ4v) is 3.39. The number of carboxylic acid groups (broad SMARTS) is 1. The fraction of sp³-hybridized carbons (Fsp3) is 0.458. The molecule has 4 nitrogen and oxygen atoms in total. The molecule has 29 heavy (non-hydrogen) atoms. The van der Waals surface area contributed by atoms with Gasteiger partial charge in [0.25, 0.3) is 0 Å². The van der Waals surface area contributed by atoms with Gasteiger partial charge in [0.05, 0.1) is 6.10 Å². The van der Waals surface area contributed by atoms with E-state index in [1.807, 2.05) is 12.1 Å². The highest BCUT2D eigenvalue weighted by atomic mass is 35.5. The molecule has 0 aliphatic carbocycles. The molecule has 0 heterocycles. The molecule has 2 N–H and O–H groups in total. The lowest BCUT2D eigenvalue weighted by molar-refractivity contribution is -0.136. The summed E-state index contributed by atoms with van der Waals surface area (Å²) in [6, 6.07) is 21.3. The van der Waals surface area contributed by atoms with Gasteiger partial charge in [-0.25, -0.2) is 0 Å². The van der Waals surface area contributed by atoms with Crippen LogP contribution < -0.4 is 0 Å². The Balaban J connectivity index is 0.00000117. The van der Waals surface area contributed by atoms with E-state index in [2.05, 4.69) is 81.4 Å². The first-order chi connectivity index (χ1) is 13.3. The summed E-state index contributed by atoms with van der Waals surface area (Å²) in [6.07, 6.45) is 1.40. The summed E-state index contributed by atoms with van der Waals surface area (Å²) in [5, 5.41) is 18.8. The molecule has 162 valence electrons. The Morgan fingerprint density at radius 1 is 0.966 bits per heavy atom. The zero-order valence-electron chi connectivity index (χ0n) is 18.2. The summed E-state index contributed by atoms with van der Waals surface area (Å²) in [5.74, 6) is -0.745. The molecule has 0 saturated carbocycles. The number of halogens is 1. The summed E-state index contributed by atoms with van der Waals surface area (Å²) >= 11 is 0. The van der Waals surface area contributed by atoms with Crippen LogP contribution in [-0.4, -0.2) is 47.3 Å². The molecule has 2 rings (SSSR count). The van der Waals surface area contributed by atoms with Gasteiger partial charge in [-0.2, -0.15) is 0 Å². The number of carboxylic acids is 1. The number of rotatable bonds is 8. The van der Waals surface area contributed by atoms with Crippen LogP contribution in [0.2, 0.25) is 0 Å². The van der Waals surface area contributed by atoms with Gasteiger partial charge in [-0.05, 0) is 45.0 Å². The minimum Gasteiger partial charge on any atom is -0.481 e. The van der Waals surface area contributed by atoms with Crippen molar-refractivity contribution in [1.29, 1.82) is 0 Å². The Morgan fingerprint density at radius 3 is 1.62 bits per heavy atom. The molecule has 0 radical (unpaired) electrons. The maximum atomic E-state index is 11.1. The number of hydrogen-bond acceptors (Lipinski definition) is 3. The molecule has 0 aliphatic rings. The van der Waals surface area contributed by atoms with Crippen LogP contribution >= 0.6 is 12.4 Å². The van der Waals surface area contributed by atoms with Crippen LogP contribution in [0, 0.1) is 0 Å². The van der Waals surface area contributed by atoms with E-state index in [0.29, 0.717) is 6.04 Å². The molecule has 0 fully saturated rings. The Morgan fingerprint density at radius 2 is 1.34 bits per heavy atom. The molecule has 2 aromatic rings. The standard InChI is InChI=1S/C21H29NO.C3H6O2.ClH/c1-5-20(23)21(16-17(2)22(3)4,18-12-8-6-9-13-18)19-14-10-7-11-15-19;1-2-3(4)5;/h6-15,17,20,23H,5,16H2,1-4H3;2H2,1H3,(H,4,5);1H. The number of benzene rings is 2. The summed E-state index contributed by atoms with van der Waals surface area (Å²) < 4.78 is 0. The lowest BCUT2D eigenvalue weighted by Gasteiger charge is -2.42. The van der Waals surface area contributed by atoms with Gasteiger partial charge in [0, 0.05) is 17.9 Å². The first kappa shape index (κ1) is 27.1. The van der Waals surface area contributed by atoms with E-state index in [4.69, 9.17) is 5.11 Å². The van der Waals surface area contributed by atoms with Crippen molar-refractivity contribution < 1.29 is 15.0 Å². The maximum Gasteiger partial charge on any atom is 0.303 e. The number of hydrogen-bond donors (Lipinski definition) is 2. The van der Waals surface area contributed by atoms with Crippen LogP contribution in [0.3, 0.4) is 0 Å². The lowest BCUT2D eigenvalue weighted by Crippen LogP contribution is -2.45. The number of aliphatic carboxylic acids is 1. The maximum absolute atomic E-state index is 11.1. The van der Waals surface area contributed by atoms with Crippen LogP contribution in [-0.2, 0) is 10.2 Å². The van der Waals surface area contributed by atoms with E-state index in [-0.39, 0.29) is 24.2 Å². The smallest absolute Gasteiger partial charge is 0.303 e. The normalized spacial score (nSPS) is 12.9. The average molecular weight is 422 g/mol. The molecule has 0 bridgehead atoms. The quantitative estimate of drug-likeness (QED) is 0.630. The van der Waals surface area contributed by atoms with E-state index < -0.39 is 12.1 Å². The molecule has 2 unspecified atom stereocenters. The average Bonchev–Trinajstić information content (AvgIpc) is 2.72. The Hall–Kier alpha value is -1.88. The van der Waals surface area contributed by atoms with Gasteiger partial charge in [-0.15, -0.1) is 12.4 Å². The van der Waals surface area contributed by atoms with E-state index in [9.17, 15) is 9.90 Å². The molecular weight excluding hydrogens is 386 g/mol. The second kappa shape index (κ2) is 13.4. The second-order valence-corrected chi connectivity index (χ2v) is 7.39. The van der Waals surface area contributed by atoms with Gasteiger partial charge in [0.1, 0.15) is 0 Å². The molecule has 5 heteroatoms. The van der Waals surface area contributed by atoms with Gasteiger partial charge < -0.3 is 15.1 Å². The molecule has 0 amide bonds. The van der Waals surface area contributed by atoms with Gasteiger partial charge in [0.2, 0.25) is 0 Å². The summed E-state index contributed by atoms with van der Waals surface area (Å²) in [6.45, 7) is 5.89. The highest BCUT2D eigenvalue weighted by molar-refractivity contribution is 5.85. The first-order valence-electron chi connectivity index (χ1n) is 9.96. The number of carbonyl (C=O) groups is 1. The van der Waals surface area contributed by atoms with Crippen molar-refractivity contribution in [2.24, 2.45) is 0 Å². The monoisotopic (exact) mass is 421 g/mol. The molecule has 0 spiro atoms. The Labute approximate surface area is 182 Å². The first-order valence-corrected chi connectivity index (χ1v) is 9.96. The third kappa shape index (κ3) is 7.46. The number of aliphatic hydroxyl groups excluding tert-OH is 1. The minimum absolute atomic E-state index is 0. The number of nitrogens with zero attached hydrogens (tertiary/aromatic N) is 1. The summed E-state index contributed by atoms with van der Waals surface area (Å²) in [5.41, 5.74) is 1.99. The van der Waals surface area contributed by atoms with Gasteiger partial charge >= 0.3 is 5.97 Å². The van der Waals surface area contributed by atoms with Gasteiger partial charge in [-0.1, -0.05) is 74.5 Å². The van der Waals surface area contributed by atoms with Crippen molar-refractivity contribution in [3.05, 3.63) is 71.8 Å². The zero-order chi connectivity index (χ0) is 21.2. The van der Waals surface area contributed by atoms with Crippen LogP contribution in [0.4, 0.5) is 0 Å². The topological polar surface area (TPSA) is 60.8 Å². The largest absolute Gasteiger partial charge is 0.481 e. The van der Waals surface area contributed by atoms with E-state index in [1.165, 1.54) is 11.1 Å². The van der Waals surface area contributed by atoms with E-state index in [0.717, 1.165) is 12.8 Å². The van der Waals surface area contributed by atoms with Crippen molar-refractivity contribution in [1.82, 2.24) is 4.90 Å². The van der Waals surface area contributed by atoms with Crippen LogP contribution in [0.25, 0.3) is 0 Å². The fourth-order valence-electron chi connectivity index (χ4n) is 3.39. The highest BCUT2D eigenvalue weighted by Gasteiger charge is 2.41. The Kier molecular flexibility index (Phi) is 12.5. The van der Waals surface area contributed by atoms with Crippen LogP contribution in [0.5, 0.6) is 0 Å². The van der Waals surface area contributed by atoms with E-state index in [1.54, 1.807) is 6.92 Å². The molecule has 0 aliphatic heterocycles. The van der Waals surface area contributed by atoms with E-state index >= 15 is 0 Å². The van der Waals surface area contributed by atoms with Gasteiger partial charge in [-0.3, -0.25) is 4.79 Å². The third-order valence-corrected chi connectivity index (χ3v) is 5.33. The van der Waals surface area contributed by atoms with Crippen LogP contribution in [0.1, 0.15) is 51.2 Å². The Bertz CT molecular complexity index is 652. The molecule has 2 atom stereocenters. The molecular formula is C24H36ClNO3. The highest BCUT2D eigenvalue weighted by Crippen LogP contribution is 2.41. The predicted octanol–water partition coefficient (Wildman–Crippen LogP) is 4.99. The SMILES string of the molecule is CCC(=O)O.CCC(O)C(CC(C)N(C)C)(c1ccccc1)c1ccccc1.Cl. The second-order valence-electron chi connectivity index (χ2n) is 7.39. The van der Waals surface area contributed by atoms with Crippen molar-refractivity contribution in [3.63, 3.8) is 0 Å². The molecule has 0 saturated heterocycles. The summed E-state index contributed by atoms with van der Waals surface area (Å²) in [7, 11) is 4.20. The predicted molar refractivity (Wildman–Crippen MR) is 123 cm³/mol. The van der Waals surface area contributed by atoms with Crippen molar-refractivity contribution >= 4 is 18.4 Å². The molecule has 0 aromatic heterocycles. The zero-order valence-corrected chi connectivity index (χ0v) is 19.0. The van der Waals surface area contributed by atoms with Gasteiger partial charge in [0.15, 0.2) is 0 Å². The molecule has 2 aromatic carbocycles. The lowest BCUT2D eigenvalue weighted by atomic mass is 9.66. The van der Waals surface area contributed by atoms with Crippen molar-refractivity contribution in [2.45, 2.75) is 57.6 Å². The summed E-state index contributed by atoms with van der Waals surface area (Å²) in [4.78, 5) is 11.6. The van der Waals surface area contributed by atoms with Crippen molar-refractivity contribution in [3.8, 4) is 0 Å². The minimum atomic E-state index is -0.745.